The lowest BCUT2D eigenvalue weighted by Crippen LogP contribution is -2.45. The molecule has 1 aliphatic carbocycles. The Hall–Kier alpha value is -8.59. The van der Waals surface area contributed by atoms with E-state index in [0.717, 1.165) is 40.6 Å². The van der Waals surface area contributed by atoms with Gasteiger partial charge in [-0.25, -0.2) is 37.9 Å². The van der Waals surface area contributed by atoms with E-state index >= 15 is 8.78 Å². The van der Waals surface area contributed by atoms with Gasteiger partial charge in [-0.05, 0) is 84.1 Å². The van der Waals surface area contributed by atoms with Crippen LogP contribution in [0.5, 0.6) is 0 Å². The van der Waals surface area contributed by atoms with Crippen molar-refractivity contribution in [3.8, 4) is 62.7 Å². The Labute approximate surface area is 374 Å². The van der Waals surface area contributed by atoms with E-state index in [1.54, 1.807) is 40.6 Å². The second-order valence-electron chi connectivity index (χ2n) is 16.5. The molecule has 8 heterocycles. The molecule has 16 nitrogen and oxygen atoms in total. The molecule has 326 valence electrons. The van der Waals surface area contributed by atoms with E-state index < -0.39 is 5.82 Å². The number of benzene rings is 2. The largest absolute Gasteiger partial charge is 0.364 e. The minimum absolute atomic E-state index is 0.127. The molecule has 4 N–H and O–H groups in total. The van der Waals surface area contributed by atoms with Crippen LogP contribution in [-0.2, 0) is 25.4 Å². The van der Waals surface area contributed by atoms with Gasteiger partial charge in [0, 0.05) is 73.9 Å². The maximum Gasteiger partial charge on any atom is 0.349 e. The number of nitrogens with one attached hydrogen (secondary N) is 4. The number of rotatable bonds is 10. The van der Waals surface area contributed by atoms with E-state index in [9.17, 15) is 4.79 Å². The average Bonchev–Trinajstić information content (AvgIpc) is 4.15. The van der Waals surface area contributed by atoms with Gasteiger partial charge in [0.05, 0.1) is 29.0 Å². The molecule has 1 amide bonds. The number of aromatic nitrogens is 13. The number of fused-ring (bicyclic) bond motifs is 3. The van der Waals surface area contributed by atoms with Gasteiger partial charge in [-0.15, -0.1) is 4.68 Å². The summed E-state index contributed by atoms with van der Waals surface area (Å²) in [4.78, 5) is 42.6. The third-order valence-electron chi connectivity index (χ3n) is 12.1. The predicted octanol–water partition coefficient (Wildman–Crippen LogP) is 6.87. The molecule has 1 aliphatic rings. The van der Waals surface area contributed by atoms with Crippen LogP contribution in [0.1, 0.15) is 42.4 Å². The average molecular weight is 881 g/mol. The minimum Gasteiger partial charge on any atom is -0.364 e. The fourth-order valence-corrected chi connectivity index (χ4v) is 8.74. The number of amides is 1. The number of halogens is 2. The van der Waals surface area contributed by atoms with Crippen LogP contribution >= 0.6 is 0 Å². The molecule has 2 atom stereocenters. The standard InChI is InChI=1S/C48H39F2N15O/c1-5-6-41(66)56-38-12-11-34(38)33-10-9-27(17-37(33)50)32-13-14-51-47-42(32)58-45(60-47)31-23-63(4)65(24-31)40-18-35(43-48(57-40)61-44(59-43)30-20-54-62(3)22-30)28-7-8-29(36(49)16-28)19-52-46-39-15-26(2)21-64(39)55-25-53-46/h7-10,13-18,20-25,34,38H,11-12,19H2,1-4H3,(H3-,51,52,53,55,56,57,58,59,60,61,66)/p+1/t34-,38-/m1/s1. The first kappa shape index (κ1) is 40.2. The van der Waals surface area contributed by atoms with Crippen molar-refractivity contribution in [3.63, 3.8) is 0 Å². The summed E-state index contributed by atoms with van der Waals surface area (Å²) < 4.78 is 39.1. The van der Waals surface area contributed by atoms with Gasteiger partial charge in [0.2, 0.25) is 0 Å². The van der Waals surface area contributed by atoms with Gasteiger partial charge in [0.25, 0.3) is 11.6 Å². The molecule has 0 spiro atoms. The summed E-state index contributed by atoms with van der Waals surface area (Å²) in [6, 6.07) is 15.9. The van der Waals surface area contributed by atoms with Crippen LogP contribution in [0, 0.1) is 30.4 Å². The van der Waals surface area contributed by atoms with Gasteiger partial charge in [0.1, 0.15) is 46.8 Å². The highest BCUT2D eigenvalue weighted by Gasteiger charge is 2.35. The summed E-state index contributed by atoms with van der Waals surface area (Å²) in [5.74, 6) is 6.14. The van der Waals surface area contributed by atoms with Crippen molar-refractivity contribution in [2.75, 3.05) is 5.32 Å². The molecule has 2 aromatic carbocycles. The molecule has 18 heteroatoms. The van der Waals surface area contributed by atoms with Gasteiger partial charge in [-0.1, -0.05) is 30.2 Å². The highest BCUT2D eigenvalue weighted by atomic mass is 19.1. The lowest BCUT2D eigenvalue weighted by molar-refractivity contribution is -0.685. The van der Waals surface area contributed by atoms with Crippen molar-refractivity contribution in [2.45, 2.75) is 45.2 Å². The zero-order chi connectivity index (χ0) is 45.2. The molecule has 66 heavy (non-hydrogen) atoms. The molecule has 1 saturated carbocycles. The van der Waals surface area contributed by atoms with Crippen LogP contribution in [-0.4, -0.2) is 70.9 Å². The Kier molecular flexibility index (Phi) is 9.68. The zero-order valence-corrected chi connectivity index (χ0v) is 36.1. The summed E-state index contributed by atoms with van der Waals surface area (Å²) in [5.41, 5.74) is 9.21. The Balaban J connectivity index is 0.919. The van der Waals surface area contributed by atoms with Gasteiger partial charge in [0.15, 0.2) is 11.5 Å². The van der Waals surface area contributed by atoms with Gasteiger partial charge in [-0.2, -0.15) is 10.2 Å². The summed E-state index contributed by atoms with van der Waals surface area (Å²) in [7, 11) is 3.72. The van der Waals surface area contributed by atoms with Crippen LogP contribution < -0.4 is 15.3 Å². The first-order chi connectivity index (χ1) is 32.1. The number of carbonyl (C=O) groups excluding carboxylic acids is 1. The number of carbonyl (C=O) groups is 1. The fraction of sp³-hybridized carbons (Fsp3) is 0.188. The van der Waals surface area contributed by atoms with E-state index in [1.807, 2.05) is 85.5 Å². The summed E-state index contributed by atoms with van der Waals surface area (Å²) in [6.07, 6.45) is 13.9. The topological polar surface area (TPSA) is 181 Å². The Bertz CT molecular complexity index is 3620. The van der Waals surface area contributed by atoms with Crippen molar-refractivity contribution >= 4 is 39.6 Å². The number of aromatic amines is 2. The third kappa shape index (κ3) is 7.16. The number of H-pyrrole nitrogens is 2. The maximum atomic E-state index is 16.1. The lowest BCUT2D eigenvalue weighted by atomic mass is 9.74. The number of anilines is 1. The number of imidazole rings is 2. The summed E-state index contributed by atoms with van der Waals surface area (Å²) >= 11 is 0. The number of nitrogens with zero attached hydrogens (tertiary/aromatic N) is 11. The predicted molar refractivity (Wildman–Crippen MR) is 243 cm³/mol. The molecular weight excluding hydrogens is 841 g/mol. The third-order valence-corrected chi connectivity index (χ3v) is 12.1. The fourth-order valence-electron chi connectivity index (χ4n) is 8.74. The highest BCUT2D eigenvalue weighted by Crippen LogP contribution is 2.40. The molecule has 11 rings (SSSR count). The van der Waals surface area contributed by atoms with Crippen LogP contribution in [0.15, 0.2) is 98.1 Å². The van der Waals surface area contributed by atoms with E-state index in [1.165, 1.54) is 18.5 Å². The number of pyridine rings is 2. The van der Waals surface area contributed by atoms with Gasteiger partial charge >= 0.3 is 5.82 Å². The van der Waals surface area contributed by atoms with Crippen LogP contribution in [0.3, 0.4) is 0 Å². The number of hydrogen-bond donors (Lipinski definition) is 4. The molecule has 8 aromatic heterocycles. The quantitative estimate of drug-likeness (QED) is 0.0842. The smallest absolute Gasteiger partial charge is 0.349 e. The Morgan fingerprint density at radius 1 is 0.879 bits per heavy atom. The van der Waals surface area contributed by atoms with E-state index in [0.29, 0.717) is 73.4 Å². The van der Waals surface area contributed by atoms with Crippen LogP contribution in [0.2, 0.25) is 0 Å². The summed E-state index contributed by atoms with van der Waals surface area (Å²) in [6.45, 7) is 3.79. The van der Waals surface area contributed by atoms with Gasteiger partial charge < -0.3 is 20.6 Å². The van der Waals surface area contributed by atoms with Crippen molar-refractivity contribution in [2.24, 2.45) is 14.1 Å². The summed E-state index contributed by atoms with van der Waals surface area (Å²) in [5, 5.41) is 14.8. The minimum atomic E-state index is -0.396. The molecule has 0 unspecified atom stereocenters. The highest BCUT2D eigenvalue weighted by molar-refractivity contribution is 5.94. The molecule has 1 fully saturated rings. The van der Waals surface area contributed by atoms with Crippen molar-refractivity contribution < 1.29 is 18.3 Å². The second-order valence-corrected chi connectivity index (χ2v) is 16.5. The number of aryl methyl sites for hydroxylation is 3. The van der Waals surface area contributed by atoms with Crippen molar-refractivity contribution in [3.05, 3.63) is 126 Å². The molecule has 10 aromatic rings. The van der Waals surface area contributed by atoms with E-state index in [-0.39, 0.29) is 30.2 Å². The van der Waals surface area contributed by atoms with Gasteiger partial charge in [-0.3, -0.25) is 9.48 Å². The second kappa shape index (κ2) is 15.9. The van der Waals surface area contributed by atoms with Crippen molar-refractivity contribution in [1.82, 2.24) is 64.3 Å². The molecule has 0 aliphatic heterocycles. The van der Waals surface area contributed by atoms with E-state index in [2.05, 4.69) is 52.6 Å². The SMILES string of the molecule is CC#CC(=O)N[C@@H]1CC[C@@H]1c1ccc(-c2ccnc3nc(-c4cn(C)[n+](-c5cc(-c6ccc(CNc7ncnn8cc(C)cc78)c(F)c6)c6nc(-c7cnn(C)c7)[nH]c6n5)c4)[nH]c23)cc1F. The molecular formula is C48H40F2N15O+. The van der Waals surface area contributed by atoms with Crippen LogP contribution in [0.25, 0.3) is 78.7 Å². The van der Waals surface area contributed by atoms with Crippen LogP contribution in [0.4, 0.5) is 14.6 Å². The molecule has 0 bridgehead atoms. The normalized spacial score (nSPS) is 14.7. The number of hydrogen-bond acceptors (Lipinski definition) is 9. The Morgan fingerprint density at radius 3 is 2.50 bits per heavy atom. The Morgan fingerprint density at radius 2 is 1.71 bits per heavy atom. The lowest BCUT2D eigenvalue weighted by Gasteiger charge is -2.37. The monoisotopic (exact) mass is 880 g/mol. The van der Waals surface area contributed by atoms with E-state index in [4.69, 9.17) is 15.0 Å². The molecule has 0 radical (unpaired) electrons. The first-order valence-electron chi connectivity index (χ1n) is 21.3. The van der Waals surface area contributed by atoms with Crippen molar-refractivity contribution in [1.29, 1.82) is 0 Å². The maximum absolute atomic E-state index is 16.1. The first-order valence-corrected chi connectivity index (χ1v) is 21.3. The molecule has 0 saturated heterocycles. The zero-order valence-electron chi connectivity index (χ0n) is 36.1.